The predicted molar refractivity (Wildman–Crippen MR) is 119 cm³/mol. The lowest BCUT2D eigenvalue weighted by molar-refractivity contribution is -0.125. The number of hydrogen-bond acceptors (Lipinski definition) is 4. The zero-order chi connectivity index (χ0) is 21.2. The fourth-order valence-electron chi connectivity index (χ4n) is 3.67. The van der Waals surface area contributed by atoms with E-state index in [4.69, 9.17) is 34.8 Å². The summed E-state index contributed by atoms with van der Waals surface area (Å²) in [6.45, 7) is 1.97. The molecule has 3 amide bonds. The van der Waals surface area contributed by atoms with Gasteiger partial charge >= 0.3 is 0 Å². The van der Waals surface area contributed by atoms with E-state index in [-0.39, 0.29) is 17.2 Å². The molecule has 1 aliphatic heterocycles. The van der Waals surface area contributed by atoms with Crippen LogP contribution in [0.25, 0.3) is 6.08 Å². The fraction of sp³-hybridized carbons (Fsp3) is 0.450. The van der Waals surface area contributed by atoms with Crippen LogP contribution >= 0.6 is 46.6 Å². The normalized spacial score (nSPS) is 21.0. The molecule has 0 spiro atoms. The molecular formula is C20H21Cl3N2O3S. The highest BCUT2D eigenvalue weighted by Gasteiger charge is 2.40. The number of alkyl halides is 3. The van der Waals surface area contributed by atoms with Crippen molar-refractivity contribution in [2.45, 2.75) is 48.9 Å². The number of imide groups is 1. The largest absolute Gasteiger partial charge is 0.322 e. The Morgan fingerprint density at radius 3 is 2.38 bits per heavy atom. The number of anilines is 1. The minimum atomic E-state index is -2.05. The summed E-state index contributed by atoms with van der Waals surface area (Å²) >= 11 is 17.6. The molecule has 156 valence electrons. The SMILES string of the molecule is CC(C1CCCCC1)N1C(=O)S/C(=C\c2ccc(NC(=O)C(Cl)(Cl)Cl)cc2)C1=O. The lowest BCUT2D eigenvalue weighted by Gasteiger charge is -2.32. The fourth-order valence-corrected chi connectivity index (χ4v) is 4.73. The van der Waals surface area contributed by atoms with Gasteiger partial charge in [-0.1, -0.05) is 66.2 Å². The van der Waals surface area contributed by atoms with Crippen LogP contribution in [0, 0.1) is 5.92 Å². The number of carbonyl (C=O) groups excluding carboxylic acids is 3. The monoisotopic (exact) mass is 474 g/mol. The van der Waals surface area contributed by atoms with Gasteiger partial charge in [0.2, 0.25) is 0 Å². The van der Waals surface area contributed by atoms with Crippen LogP contribution in [-0.4, -0.2) is 31.8 Å². The van der Waals surface area contributed by atoms with E-state index in [0.717, 1.165) is 43.0 Å². The Morgan fingerprint density at radius 2 is 1.79 bits per heavy atom. The van der Waals surface area contributed by atoms with Gasteiger partial charge in [0.05, 0.1) is 4.91 Å². The molecule has 1 saturated carbocycles. The summed E-state index contributed by atoms with van der Waals surface area (Å²) in [5, 5.41) is 2.27. The molecule has 0 aromatic heterocycles. The highest BCUT2D eigenvalue weighted by atomic mass is 35.6. The number of nitrogens with zero attached hydrogens (tertiary/aromatic N) is 1. The van der Waals surface area contributed by atoms with Gasteiger partial charge in [0.15, 0.2) is 0 Å². The van der Waals surface area contributed by atoms with Crippen molar-refractivity contribution in [3.63, 3.8) is 0 Å². The second-order valence-electron chi connectivity index (χ2n) is 7.26. The Labute approximate surface area is 189 Å². The first-order valence-electron chi connectivity index (χ1n) is 9.42. The maximum Gasteiger partial charge on any atom is 0.293 e. The van der Waals surface area contributed by atoms with Gasteiger partial charge in [-0.3, -0.25) is 19.3 Å². The van der Waals surface area contributed by atoms with E-state index in [1.165, 1.54) is 11.3 Å². The van der Waals surface area contributed by atoms with Gasteiger partial charge in [0.1, 0.15) is 0 Å². The quantitative estimate of drug-likeness (QED) is 0.428. The number of hydrogen-bond donors (Lipinski definition) is 1. The summed E-state index contributed by atoms with van der Waals surface area (Å²) in [7, 11) is 0. The summed E-state index contributed by atoms with van der Waals surface area (Å²) in [6, 6.07) is 6.61. The van der Waals surface area contributed by atoms with E-state index < -0.39 is 9.70 Å². The summed E-state index contributed by atoms with van der Waals surface area (Å²) < 4.78 is -2.05. The molecule has 1 unspecified atom stereocenters. The summed E-state index contributed by atoms with van der Waals surface area (Å²) in [5.41, 5.74) is 1.19. The Kier molecular flexibility index (Phi) is 7.20. The lowest BCUT2D eigenvalue weighted by Crippen LogP contribution is -2.42. The van der Waals surface area contributed by atoms with Crippen LogP contribution in [0.4, 0.5) is 10.5 Å². The maximum atomic E-state index is 12.8. The number of carbonyl (C=O) groups is 3. The molecule has 29 heavy (non-hydrogen) atoms. The second-order valence-corrected chi connectivity index (χ2v) is 10.5. The number of thioether (sulfide) groups is 1. The zero-order valence-electron chi connectivity index (χ0n) is 15.8. The van der Waals surface area contributed by atoms with Crippen LogP contribution in [0.3, 0.4) is 0 Å². The zero-order valence-corrected chi connectivity index (χ0v) is 18.9. The van der Waals surface area contributed by atoms with E-state index in [2.05, 4.69) is 5.32 Å². The van der Waals surface area contributed by atoms with Crippen molar-refractivity contribution in [1.82, 2.24) is 4.90 Å². The van der Waals surface area contributed by atoms with Crippen LogP contribution in [-0.2, 0) is 9.59 Å². The molecule has 1 aliphatic carbocycles. The standard InChI is InChI=1S/C20H21Cl3N2O3S/c1-12(14-5-3-2-4-6-14)25-17(26)16(29-19(25)28)11-13-7-9-15(10-8-13)24-18(27)20(21,22)23/h7-12,14H,2-6H2,1H3,(H,24,27)/b16-11-. The summed E-state index contributed by atoms with van der Waals surface area (Å²) in [6.07, 6.45) is 7.33. The van der Waals surface area contributed by atoms with E-state index in [0.29, 0.717) is 16.5 Å². The van der Waals surface area contributed by atoms with Gasteiger partial charge in [-0.25, -0.2) is 0 Å². The predicted octanol–water partition coefficient (Wildman–Crippen LogP) is 6.00. The van der Waals surface area contributed by atoms with Gasteiger partial charge in [-0.15, -0.1) is 0 Å². The van der Waals surface area contributed by atoms with Crippen molar-refractivity contribution in [3.8, 4) is 0 Å². The Hall–Kier alpha value is -1.21. The van der Waals surface area contributed by atoms with Crippen molar-refractivity contribution < 1.29 is 14.4 Å². The third-order valence-corrected chi connectivity index (χ3v) is 6.69. The first-order chi connectivity index (χ1) is 13.7. The first kappa shape index (κ1) is 22.5. The third-order valence-electron chi connectivity index (χ3n) is 5.29. The summed E-state index contributed by atoms with van der Waals surface area (Å²) in [5.74, 6) is -0.628. The minimum absolute atomic E-state index is 0.0896. The molecule has 1 atom stereocenters. The van der Waals surface area contributed by atoms with Crippen molar-refractivity contribution in [1.29, 1.82) is 0 Å². The molecule has 2 fully saturated rings. The molecule has 1 heterocycles. The molecule has 1 N–H and O–H groups in total. The Bertz CT molecular complexity index is 830. The molecule has 0 bridgehead atoms. The lowest BCUT2D eigenvalue weighted by atomic mass is 9.84. The van der Waals surface area contributed by atoms with Crippen molar-refractivity contribution in [2.24, 2.45) is 5.92 Å². The maximum absolute atomic E-state index is 12.8. The third kappa shape index (κ3) is 5.48. The average molecular weight is 476 g/mol. The van der Waals surface area contributed by atoms with Gasteiger partial charge < -0.3 is 5.32 Å². The van der Waals surface area contributed by atoms with E-state index in [1.807, 2.05) is 6.92 Å². The van der Waals surface area contributed by atoms with Crippen molar-refractivity contribution in [3.05, 3.63) is 34.7 Å². The number of benzene rings is 1. The molecule has 3 rings (SSSR count). The molecule has 2 aliphatic rings. The number of halogens is 3. The summed E-state index contributed by atoms with van der Waals surface area (Å²) in [4.78, 5) is 38.8. The number of rotatable bonds is 4. The highest BCUT2D eigenvalue weighted by molar-refractivity contribution is 8.18. The van der Waals surface area contributed by atoms with Gasteiger partial charge in [0, 0.05) is 11.7 Å². The van der Waals surface area contributed by atoms with Crippen molar-refractivity contribution >= 4 is 75.4 Å². The molecule has 0 radical (unpaired) electrons. The Balaban J connectivity index is 1.69. The molecule has 1 aromatic rings. The van der Waals surface area contributed by atoms with Gasteiger partial charge in [-0.05, 0) is 61.2 Å². The number of amides is 3. The van der Waals surface area contributed by atoms with Crippen molar-refractivity contribution in [2.75, 3.05) is 5.32 Å². The van der Waals surface area contributed by atoms with E-state index in [1.54, 1.807) is 30.3 Å². The molecule has 1 saturated heterocycles. The highest BCUT2D eigenvalue weighted by Crippen LogP contribution is 2.38. The molecular weight excluding hydrogens is 455 g/mol. The van der Waals surface area contributed by atoms with Crippen LogP contribution < -0.4 is 5.32 Å². The van der Waals surface area contributed by atoms with Gasteiger partial charge in [0.25, 0.3) is 20.8 Å². The van der Waals surface area contributed by atoms with Gasteiger partial charge in [-0.2, -0.15) is 0 Å². The van der Waals surface area contributed by atoms with Crippen LogP contribution in [0.15, 0.2) is 29.2 Å². The minimum Gasteiger partial charge on any atom is -0.322 e. The molecule has 5 nitrogen and oxygen atoms in total. The van der Waals surface area contributed by atoms with E-state index in [9.17, 15) is 14.4 Å². The smallest absolute Gasteiger partial charge is 0.293 e. The topological polar surface area (TPSA) is 66.5 Å². The van der Waals surface area contributed by atoms with Crippen LogP contribution in [0.5, 0.6) is 0 Å². The van der Waals surface area contributed by atoms with Crippen LogP contribution in [0.2, 0.25) is 0 Å². The average Bonchev–Trinajstić information content (AvgIpc) is 2.96. The van der Waals surface area contributed by atoms with E-state index >= 15 is 0 Å². The Morgan fingerprint density at radius 1 is 1.17 bits per heavy atom. The van der Waals surface area contributed by atoms with Crippen LogP contribution in [0.1, 0.15) is 44.6 Å². The first-order valence-corrected chi connectivity index (χ1v) is 11.4. The number of nitrogens with one attached hydrogen (secondary N) is 1. The second kappa shape index (κ2) is 9.29. The molecule has 9 heteroatoms. The molecule has 1 aromatic carbocycles.